The first-order valence-corrected chi connectivity index (χ1v) is 11.2. The van der Waals surface area contributed by atoms with Crippen LogP contribution in [-0.4, -0.2) is 4.86 Å². The van der Waals surface area contributed by atoms with E-state index in [1.54, 1.807) is 0 Å². The van der Waals surface area contributed by atoms with Crippen molar-refractivity contribution in [3.63, 3.8) is 0 Å². The zero-order valence-electron chi connectivity index (χ0n) is 15.2. The quantitative estimate of drug-likeness (QED) is 0.589. The normalized spacial score (nSPS) is 16.9. The van der Waals surface area contributed by atoms with Crippen LogP contribution in [0.3, 0.4) is 0 Å². The molecule has 1 aliphatic heterocycles. The summed E-state index contributed by atoms with van der Waals surface area (Å²) in [6.45, 7) is 0. The van der Waals surface area contributed by atoms with Crippen LogP contribution < -0.4 is 14.0 Å². The molecule has 0 saturated heterocycles. The van der Waals surface area contributed by atoms with E-state index in [1.807, 2.05) is 103 Å². The summed E-state index contributed by atoms with van der Waals surface area (Å²) in [6, 6.07) is 28.5. The number of hydrogen-bond acceptors (Lipinski definition) is 4. The minimum Gasteiger partial charge on any atom is -0.182 e. The van der Waals surface area contributed by atoms with Crippen molar-refractivity contribution in [2.75, 3.05) is 0 Å². The smallest absolute Gasteiger partial charge is 0.148 e. The van der Waals surface area contributed by atoms with Gasteiger partial charge in [-0.15, -0.1) is 0 Å². The molecule has 3 aromatic carbocycles. The maximum absolute atomic E-state index is 11.5. The van der Waals surface area contributed by atoms with E-state index in [9.17, 15) is 14.0 Å². The van der Waals surface area contributed by atoms with E-state index in [0.717, 1.165) is 22.3 Å². The fourth-order valence-electron chi connectivity index (χ4n) is 3.08. The lowest BCUT2D eigenvalue weighted by molar-refractivity contribution is -1.91. The van der Waals surface area contributed by atoms with Crippen molar-refractivity contribution >= 4 is 26.1 Å². The number of rotatable bonds is 5. The standard InChI is InChI=1S/C23H17ClO4S/c25-24(26,27)28-29-22(19-12-6-2-7-13-19)16-21(18-10-4-1-5-11-18)17-23(29)20-14-8-3-9-15-20/h1-17H. The first-order chi connectivity index (χ1) is 14.0. The van der Waals surface area contributed by atoms with Crippen molar-refractivity contribution in [1.82, 2.24) is 0 Å². The van der Waals surface area contributed by atoms with Crippen LogP contribution in [0.25, 0.3) is 10.5 Å². The van der Waals surface area contributed by atoms with Gasteiger partial charge in [-0.25, -0.2) is 0 Å². The Labute approximate surface area is 173 Å². The maximum Gasteiger partial charge on any atom is 0.148 e. The van der Waals surface area contributed by atoms with E-state index >= 15 is 0 Å². The zero-order chi connectivity index (χ0) is 20.3. The van der Waals surface area contributed by atoms with Gasteiger partial charge in [-0.2, -0.15) is 14.0 Å². The van der Waals surface area contributed by atoms with Gasteiger partial charge in [0.15, 0.2) is 0 Å². The van der Waals surface area contributed by atoms with Gasteiger partial charge in [0.1, 0.15) is 14.5 Å². The molecule has 6 heteroatoms. The molecular weight excluding hydrogens is 408 g/mol. The zero-order valence-corrected chi connectivity index (χ0v) is 16.8. The SMILES string of the molecule is [O-][Cl+3]([O-])([O-])OS1=C(c2ccccc2)C=C(c2ccccc2)C=C1c1ccccc1. The molecule has 29 heavy (non-hydrogen) atoms. The van der Waals surface area contributed by atoms with Crippen molar-refractivity contribution in [3.8, 4) is 0 Å². The molecule has 0 radical (unpaired) electrons. The average molecular weight is 425 g/mol. The molecule has 4 nitrogen and oxygen atoms in total. The van der Waals surface area contributed by atoms with E-state index in [1.165, 1.54) is 0 Å². The van der Waals surface area contributed by atoms with Crippen LogP contribution in [0.5, 0.6) is 0 Å². The van der Waals surface area contributed by atoms with Gasteiger partial charge in [-0.3, -0.25) is 0 Å². The number of benzene rings is 3. The fourth-order valence-corrected chi connectivity index (χ4v) is 5.64. The van der Waals surface area contributed by atoms with Gasteiger partial charge in [0.2, 0.25) is 0 Å². The predicted molar refractivity (Wildman–Crippen MR) is 108 cm³/mol. The molecule has 0 fully saturated rings. The highest BCUT2D eigenvalue weighted by atomic mass is 35.7. The lowest BCUT2D eigenvalue weighted by atomic mass is 10.0. The first kappa shape index (κ1) is 19.8. The summed E-state index contributed by atoms with van der Waals surface area (Å²) >= 11 is 0. The van der Waals surface area contributed by atoms with Gasteiger partial charge in [-0.1, -0.05) is 91.0 Å². The molecule has 3 aromatic rings. The molecule has 0 bridgehead atoms. The molecule has 0 saturated carbocycles. The van der Waals surface area contributed by atoms with Gasteiger partial charge in [0.05, 0.1) is 20.0 Å². The molecule has 0 spiro atoms. The summed E-state index contributed by atoms with van der Waals surface area (Å²) in [6.07, 6.45) is 3.78. The van der Waals surface area contributed by atoms with Gasteiger partial charge >= 0.3 is 0 Å². The predicted octanol–water partition coefficient (Wildman–Crippen LogP) is 2.44. The van der Waals surface area contributed by atoms with E-state index < -0.39 is 21.0 Å². The Kier molecular flexibility index (Phi) is 5.78. The lowest BCUT2D eigenvalue weighted by Gasteiger charge is -2.22. The van der Waals surface area contributed by atoms with Crippen LogP contribution in [-0.2, 0) is 3.74 Å². The highest BCUT2D eigenvalue weighted by Crippen LogP contribution is 2.44. The molecule has 1 aliphatic rings. The van der Waals surface area contributed by atoms with Crippen molar-refractivity contribution in [2.24, 2.45) is 0 Å². The Morgan fingerprint density at radius 1 is 0.586 bits per heavy atom. The van der Waals surface area contributed by atoms with Crippen LogP contribution in [0.2, 0.25) is 0 Å². The highest BCUT2D eigenvalue weighted by molar-refractivity contribution is 8.20. The van der Waals surface area contributed by atoms with Gasteiger partial charge in [0.25, 0.3) is 0 Å². The third-order valence-corrected chi connectivity index (χ3v) is 6.96. The summed E-state index contributed by atoms with van der Waals surface area (Å²) in [5.74, 6) is 0. The van der Waals surface area contributed by atoms with Crippen molar-refractivity contribution in [3.05, 3.63) is 120 Å². The average Bonchev–Trinajstić information content (AvgIpc) is 2.74. The van der Waals surface area contributed by atoms with Crippen LogP contribution >= 0.6 is 10.8 Å². The topological polar surface area (TPSA) is 78.4 Å². The van der Waals surface area contributed by atoms with Crippen LogP contribution in [0.1, 0.15) is 16.7 Å². The lowest BCUT2D eigenvalue weighted by Crippen LogP contribution is -2.60. The minimum absolute atomic E-state index is 0.637. The van der Waals surface area contributed by atoms with Gasteiger partial charge in [0, 0.05) is 0 Å². The van der Waals surface area contributed by atoms with E-state index in [4.69, 9.17) is 3.74 Å². The monoisotopic (exact) mass is 424 g/mol. The van der Waals surface area contributed by atoms with Crippen LogP contribution in [0.15, 0.2) is 103 Å². The highest BCUT2D eigenvalue weighted by Gasteiger charge is 2.31. The molecule has 0 aliphatic carbocycles. The second-order valence-corrected chi connectivity index (χ2v) is 8.96. The Morgan fingerprint density at radius 2 is 1.07 bits per heavy atom. The Morgan fingerprint density at radius 3 is 1.59 bits per heavy atom. The third-order valence-electron chi connectivity index (χ3n) is 4.34. The second kappa shape index (κ2) is 8.47. The summed E-state index contributed by atoms with van der Waals surface area (Å²) in [5.41, 5.74) is 3.49. The maximum atomic E-state index is 11.5. The molecule has 0 aromatic heterocycles. The van der Waals surface area contributed by atoms with Crippen molar-refractivity contribution < 1.29 is 28.0 Å². The molecule has 0 amide bonds. The molecule has 1 heterocycles. The largest absolute Gasteiger partial charge is 0.182 e. The van der Waals surface area contributed by atoms with E-state index in [2.05, 4.69) is 0 Å². The van der Waals surface area contributed by atoms with Crippen LogP contribution in [0.4, 0.5) is 0 Å². The van der Waals surface area contributed by atoms with E-state index in [-0.39, 0.29) is 0 Å². The minimum atomic E-state index is -4.61. The molecule has 146 valence electrons. The molecule has 1 unspecified atom stereocenters. The molecule has 4 rings (SSSR count). The molecular formula is C23H17ClO4S. The number of hydrogen-bond donors (Lipinski definition) is 0. The molecule has 1 atom stereocenters. The number of halogens is 1. The number of allylic oxidation sites excluding steroid dienone is 3. The summed E-state index contributed by atoms with van der Waals surface area (Å²) in [4.78, 5) is 1.27. The molecule has 0 N–H and O–H groups in total. The van der Waals surface area contributed by atoms with Gasteiger partial charge < -0.3 is 0 Å². The van der Waals surface area contributed by atoms with E-state index in [0.29, 0.717) is 9.77 Å². The van der Waals surface area contributed by atoms with Crippen molar-refractivity contribution in [1.29, 1.82) is 0 Å². The van der Waals surface area contributed by atoms with Crippen molar-refractivity contribution in [2.45, 2.75) is 0 Å². The van der Waals surface area contributed by atoms with Gasteiger partial charge in [-0.05, 0) is 34.4 Å². The second-order valence-electron chi connectivity index (χ2n) is 6.28. The Hall–Kier alpha value is -2.51. The first-order valence-electron chi connectivity index (χ1n) is 8.83. The summed E-state index contributed by atoms with van der Waals surface area (Å²) in [5, 5.41) is 0. The Balaban J connectivity index is 1.98. The Bertz CT molecular complexity index is 1080. The summed E-state index contributed by atoms with van der Waals surface area (Å²) in [7, 11) is -6.01. The summed E-state index contributed by atoms with van der Waals surface area (Å²) < 4.78 is 39.7. The van der Waals surface area contributed by atoms with Crippen LogP contribution in [0, 0.1) is 10.2 Å². The third kappa shape index (κ3) is 4.74. The fraction of sp³-hybridized carbons (Fsp3) is 0.